The van der Waals surface area contributed by atoms with Crippen LogP contribution in [0.1, 0.15) is 47.2 Å². The Balaban J connectivity index is 1.69. The molecule has 0 spiro atoms. The van der Waals surface area contributed by atoms with Crippen LogP contribution in [0.2, 0.25) is 5.02 Å². The maximum atomic E-state index is 12.8. The molecule has 0 saturated heterocycles. The first kappa shape index (κ1) is 26.2. The molecule has 180 valence electrons. The molecule has 34 heavy (non-hydrogen) atoms. The summed E-state index contributed by atoms with van der Waals surface area (Å²) in [4.78, 5) is 25.4. The maximum absolute atomic E-state index is 12.8. The van der Waals surface area contributed by atoms with Crippen LogP contribution in [0.15, 0.2) is 46.0 Å². The van der Waals surface area contributed by atoms with Gasteiger partial charge in [0.2, 0.25) is 5.91 Å². The van der Waals surface area contributed by atoms with Crippen molar-refractivity contribution in [2.75, 3.05) is 11.1 Å². The van der Waals surface area contributed by atoms with Crippen LogP contribution in [0.5, 0.6) is 0 Å². The largest absolute Gasteiger partial charge is 0.342 e. The zero-order valence-corrected chi connectivity index (χ0v) is 22.8. The molecule has 0 saturated carbocycles. The lowest BCUT2D eigenvalue weighted by Gasteiger charge is -2.22. The van der Waals surface area contributed by atoms with Crippen molar-refractivity contribution in [1.82, 2.24) is 20.1 Å². The summed E-state index contributed by atoms with van der Waals surface area (Å²) in [5, 5.41) is 15.6. The highest BCUT2D eigenvalue weighted by molar-refractivity contribution is 9.10. The Morgan fingerprint density at radius 1 is 1.15 bits per heavy atom. The molecule has 0 aliphatic heterocycles. The molecule has 0 fully saturated rings. The van der Waals surface area contributed by atoms with Crippen LogP contribution in [0, 0.1) is 19.8 Å². The van der Waals surface area contributed by atoms with Gasteiger partial charge in [-0.3, -0.25) is 9.59 Å². The van der Waals surface area contributed by atoms with Gasteiger partial charge in [-0.15, -0.1) is 10.2 Å². The Bertz CT molecular complexity index is 1190. The van der Waals surface area contributed by atoms with Gasteiger partial charge in [-0.05, 0) is 55.2 Å². The van der Waals surface area contributed by atoms with Gasteiger partial charge >= 0.3 is 0 Å². The van der Waals surface area contributed by atoms with Crippen molar-refractivity contribution < 1.29 is 9.59 Å². The highest BCUT2D eigenvalue weighted by Crippen LogP contribution is 2.27. The Morgan fingerprint density at radius 2 is 1.79 bits per heavy atom. The third-order valence-electron chi connectivity index (χ3n) is 5.31. The SMILES string of the molecule is Cc1cc(Br)cc(C)c1NC(=O)CSc1nnc([C@@H](NC(=O)c2ccccc2Cl)C(C)C)n1C. The number of nitrogens with zero attached hydrogens (tertiary/aromatic N) is 3. The molecule has 0 bridgehead atoms. The number of aryl methyl sites for hydroxylation is 2. The minimum absolute atomic E-state index is 0.0545. The van der Waals surface area contributed by atoms with E-state index in [2.05, 4.69) is 36.8 Å². The van der Waals surface area contributed by atoms with Crippen LogP contribution in [-0.2, 0) is 11.8 Å². The molecule has 1 atom stereocenters. The standard InChI is InChI=1S/C24H27BrClN5O2S/c1-13(2)20(28-23(33)17-8-6-7-9-18(17)26)22-29-30-24(31(22)5)34-12-19(32)27-21-14(3)10-16(25)11-15(21)4/h6-11,13,20H,12H2,1-5H3,(H,27,32)(H,28,33)/t20-/m0/s1. The van der Waals surface area contributed by atoms with Gasteiger partial charge in [0, 0.05) is 17.2 Å². The first-order valence-corrected chi connectivity index (χ1v) is 12.9. The van der Waals surface area contributed by atoms with Crippen LogP contribution in [0.4, 0.5) is 5.69 Å². The molecule has 0 unspecified atom stereocenters. The van der Waals surface area contributed by atoms with Crippen LogP contribution in [0.25, 0.3) is 0 Å². The third kappa shape index (κ3) is 6.20. The fraction of sp³-hybridized carbons (Fsp3) is 0.333. The van der Waals surface area contributed by atoms with E-state index in [4.69, 9.17) is 11.6 Å². The van der Waals surface area contributed by atoms with E-state index in [0.29, 0.717) is 21.6 Å². The number of hydrogen-bond donors (Lipinski definition) is 2. The van der Waals surface area contributed by atoms with Crippen LogP contribution in [0.3, 0.4) is 0 Å². The van der Waals surface area contributed by atoms with E-state index in [1.54, 1.807) is 24.3 Å². The van der Waals surface area contributed by atoms with Gasteiger partial charge in [0.05, 0.1) is 22.4 Å². The number of carbonyl (C=O) groups excluding carboxylic acids is 2. The number of carbonyl (C=O) groups is 2. The van der Waals surface area contributed by atoms with E-state index >= 15 is 0 Å². The molecule has 1 heterocycles. The lowest BCUT2D eigenvalue weighted by Crippen LogP contribution is -2.33. The normalized spacial score (nSPS) is 12.0. The molecule has 2 amide bonds. The summed E-state index contributed by atoms with van der Waals surface area (Å²) in [6, 6.07) is 10.5. The number of rotatable bonds is 8. The fourth-order valence-corrected chi connectivity index (χ4v) is 5.16. The second-order valence-corrected chi connectivity index (χ2v) is 10.6. The lowest BCUT2D eigenvalue weighted by molar-refractivity contribution is -0.113. The summed E-state index contributed by atoms with van der Waals surface area (Å²) >= 11 is 10.9. The third-order valence-corrected chi connectivity index (χ3v) is 7.12. The van der Waals surface area contributed by atoms with E-state index in [1.807, 2.05) is 51.4 Å². The Hall–Kier alpha value is -2.36. The topological polar surface area (TPSA) is 88.9 Å². The molecule has 2 aromatic carbocycles. The van der Waals surface area contributed by atoms with E-state index in [0.717, 1.165) is 21.3 Å². The summed E-state index contributed by atoms with van der Waals surface area (Å²) in [5.74, 6) is 0.438. The zero-order chi connectivity index (χ0) is 25.0. The average Bonchev–Trinajstić information content (AvgIpc) is 3.13. The van der Waals surface area contributed by atoms with E-state index in [1.165, 1.54) is 11.8 Å². The summed E-state index contributed by atoms with van der Waals surface area (Å²) in [6.07, 6.45) is 0. The number of halogens is 2. The van der Waals surface area contributed by atoms with E-state index < -0.39 is 0 Å². The van der Waals surface area contributed by atoms with Crippen molar-refractivity contribution in [1.29, 1.82) is 0 Å². The number of thioether (sulfide) groups is 1. The summed E-state index contributed by atoms with van der Waals surface area (Å²) in [5.41, 5.74) is 3.19. The summed E-state index contributed by atoms with van der Waals surface area (Å²) < 4.78 is 2.79. The highest BCUT2D eigenvalue weighted by Gasteiger charge is 2.26. The monoisotopic (exact) mass is 563 g/mol. The maximum Gasteiger partial charge on any atom is 0.253 e. The molecule has 7 nitrogen and oxygen atoms in total. The number of benzene rings is 2. The van der Waals surface area contributed by atoms with Crippen LogP contribution < -0.4 is 10.6 Å². The van der Waals surface area contributed by atoms with E-state index in [-0.39, 0.29) is 29.5 Å². The molecular weight excluding hydrogens is 538 g/mol. The van der Waals surface area contributed by atoms with Gasteiger partial charge in [-0.2, -0.15) is 0 Å². The smallest absolute Gasteiger partial charge is 0.253 e. The van der Waals surface area contributed by atoms with Gasteiger partial charge in [0.1, 0.15) is 0 Å². The number of aromatic nitrogens is 3. The molecular formula is C24H27BrClN5O2S. The number of hydrogen-bond acceptors (Lipinski definition) is 5. The molecule has 0 aliphatic rings. The predicted octanol–water partition coefficient (Wildman–Crippen LogP) is 5.71. The second-order valence-electron chi connectivity index (χ2n) is 8.33. The van der Waals surface area contributed by atoms with Crippen molar-refractivity contribution in [3.63, 3.8) is 0 Å². The average molecular weight is 565 g/mol. The predicted molar refractivity (Wildman–Crippen MR) is 140 cm³/mol. The van der Waals surface area contributed by atoms with Crippen molar-refractivity contribution in [2.24, 2.45) is 13.0 Å². The van der Waals surface area contributed by atoms with Crippen LogP contribution in [-0.4, -0.2) is 32.3 Å². The quantitative estimate of drug-likeness (QED) is 0.342. The number of anilines is 1. The Morgan fingerprint density at radius 3 is 2.41 bits per heavy atom. The minimum Gasteiger partial charge on any atom is -0.342 e. The molecule has 3 aromatic rings. The first-order valence-electron chi connectivity index (χ1n) is 10.7. The van der Waals surface area contributed by atoms with Gasteiger partial charge < -0.3 is 15.2 Å². The molecule has 3 rings (SSSR count). The van der Waals surface area contributed by atoms with E-state index in [9.17, 15) is 9.59 Å². The Kier molecular flexibility index (Phi) is 8.78. The molecule has 2 N–H and O–H groups in total. The molecule has 0 aliphatic carbocycles. The summed E-state index contributed by atoms with van der Waals surface area (Å²) in [6.45, 7) is 7.90. The zero-order valence-electron chi connectivity index (χ0n) is 19.6. The first-order chi connectivity index (χ1) is 16.1. The second kappa shape index (κ2) is 11.4. The fourth-order valence-electron chi connectivity index (χ4n) is 3.53. The van der Waals surface area contributed by atoms with Gasteiger partial charge in [-0.25, -0.2) is 0 Å². The van der Waals surface area contributed by atoms with Gasteiger partial charge in [0.25, 0.3) is 5.91 Å². The van der Waals surface area contributed by atoms with Crippen molar-refractivity contribution >= 4 is 56.8 Å². The van der Waals surface area contributed by atoms with Crippen molar-refractivity contribution in [2.45, 2.75) is 38.9 Å². The van der Waals surface area contributed by atoms with Gasteiger partial charge in [-0.1, -0.05) is 65.3 Å². The molecule has 10 heteroatoms. The van der Waals surface area contributed by atoms with Crippen molar-refractivity contribution in [3.05, 3.63) is 68.4 Å². The number of amides is 2. The summed E-state index contributed by atoms with van der Waals surface area (Å²) in [7, 11) is 1.83. The lowest BCUT2D eigenvalue weighted by atomic mass is 10.0. The minimum atomic E-state index is -0.377. The molecule has 1 aromatic heterocycles. The van der Waals surface area contributed by atoms with Crippen LogP contribution >= 0.6 is 39.3 Å². The Labute approximate surface area is 217 Å². The molecule has 0 radical (unpaired) electrons. The highest BCUT2D eigenvalue weighted by atomic mass is 79.9. The number of nitrogens with one attached hydrogen (secondary N) is 2. The van der Waals surface area contributed by atoms with Gasteiger partial charge in [0.15, 0.2) is 11.0 Å². The van der Waals surface area contributed by atoms with Crippen molar-refractivity contribution in [3.8, 4) is 0 Å².